The van der Waals surface area contributed by atoms with Crippen LogP contribution in [0.3, 0.4) is 0 Å². The molecule has 6 heteroatoms. The van der Waals surface area contributed by atoms with E-state index in [1.165, 1.54) is 0 Å². The second-order valence-electron chi connectivity index (χ2n) is 3.47. The highest BCUT2D eigenvalue weighted by Gasteiger charge is 2.26. The third kappa shape index (κ3) is 1.40. The Morgan fingerprint density at radius 3 is 2.69 bits per heavy atom. The van der Waals surface area contributed by atoms with Gasteiger partial charge in [0.15, 0.2) is 0 Å². The summed E-state index contributed by atoms with van der Waals surface area (Å²) in [6.45, 7) is 1.80. The van der Waals surface area contributed by atoms with E-state index in [9.17, 15) is 14.8 Å². The predicted octanol–water partition coefficient (Wildman–Crippen LogP) is 1.34. The molecule has 0 aliphatic carbocycles. The van der Waals surface area contributed by atoms with Crippen molar-refractivity contribution in [3.63, 3.8) is 0 Å². The molecule has 1 aromatic heterocycles. The molecule has 1 aromatic carbocycles. The van der Waals surface area contributed by atoms with E-state index < -0.39 is 21.9 Å². The molecule has 0 saturated heterocycles. The first kappa shape index (κ1) is 10.2. The summed E-state index contributed by atoms with van der Waals surface area (Å²) < 4.78 is 0. The zero-order chi connectivity index (χ0) is 11.9. The maximum absolute atomic E-state index is 11.4. The zero-order valence-electron chi connectivity index (χ0n) is 8.39. The Morgan fingerprint density at radius 2 is 2.06 bits per heavy atom. The molecule has 6 nitrogen and oxygen atoms in total. The summed E-state index contributed by atoms with van der Waals surface area (Å²) in [5, 5.41) is 18.7. The minimum Gasteiger partial charge on any atom is -0.501 e. The van der Waals surface area contributed by atoms with Crippen LogP contribution in [-0.2, 0) is 0 Å². The fourth-order valence-corrected chi connectivity index (χ4v) is 1.56. The third-order valence-electron chi connectivity index (χ3n) is 2.31. The van der Waals surface area contributed by atoms with Crippen LogP contribution in [0.1, 0.15) is 5.56 Å². The van der Waals surface area contributed by atoms with Gasteiger partial charge in [0.1, 0.15) is 0 Å². The van der Waals surface area contributed by atoms with Gasteiger partial charge in [0.2, 0.25) is 5.75 Å². The smallest absolute Gasteiger partial charge is 0.422 e. The van der Waals surface area contributed by atoms with Crippen molar-refractivity contribution < 1.29 is 15.2 Å². The normalized spacial score (nSPS) is 10.6. The molecule has 0 aliphatic rings. The van der Waals surface area contributed by atoms with E-state index in [4.69, 9.17) is 5.21 Å². The van der Waals surface area contributed by atoms with E-state index in [0.29, 0.717) is 10.9 Å². The van der Waals surface area contributed by atoms with Crippen LogP contribution >= 0.6 is 0 Å². The van der Waals surface area contributed by atoms with Crippen molar-refractivity contribution in [3.05, 3.63) is 39.0 Å². The Balaban J connectivity index is 2.96. The van der Waals surface area contributed by atoms with Crippen molar-refractivity contribution in [1.29, 1.82) is 0 Å². The van der Waals surface area contributed by atoms with Crippen LogP contribution in [0.5, 0.6) is 5.75 Å². The number of nitrogens with zero attached hydrogens (tertiary/aromatic N) is 1. The van der Waals surface area contributed by atoms with E-state index in [0.717, 1.165) is 5.56 Å². The fourth-order valence-electron chi connectivity index (χ4n) is 1.56. The lowest BCUT2D eigenvalue weighted by molar-refractivity contribution is -0.730. The van der Waals surface area contributed by atoms with Gasteiger partial charge in [-0.05, 0) is 19.1 Å². The van der Waals surface area contributed by atoms with Crippen LogP contribution < -0.4 is 5.56 Å². The second-order valence-corrected chi connectivity index (χ2v) is 3.47. The van der Waals surface area contributed by atoms with Crippen molar-refractivity contribution in [2.75, 3.05) is 0 Å². The van der Waals surface area contributed by atoms with Gasteiger partial charge in [-0.1, -0.05) is 11.6 Å². The Hall–Kier alpha value is -2.37. The van der Waals surface area contributed by atoms with Crippen LogP contribution in [0.2, 0.25) is 0 Å². The van der Waals surface area contributed by atoms with Gasteiger partial charge in [-0.3, -0.25) is 4.79 Å². The van der Waals surface area contributed by atoms with E-state index in [-0.39, 0.29) is 0 Å². The van der Waals surface area contributed by atoms with Crippen LogP contribution in [0.4, 0.5) is 5.69 Å². The highest BCUT2D eigenvalue weighted by atomic mass is 16.6. The highest BCUT2D eigenvalue weighted by molar-refractivity contribution is 5.88. The molecule has 0 bridgehead atoms. The van der Waals surface area contributed by atoms with E-state index in [2.05, 4.69) is 4.98 Å². The molecule has 3 N–H and O–H groups in total. The molecule has 0 spiro atoms. The summed E-state index contributed by atoms with van der Waals surface area (Å²) in [7, 11) is 0. The summed E-state index contributed by atoms with van der Waals surface area (Å²) in [5.74, 6) is -0.528. The maximum atomic E-state index is 11.4. The Kier molecular flexibility index (Phi) is 2.12. The minimum atomic E-state index is -0.841. The molecule has 1 heterocycles. The number of hydrogen-bond acceptors (Lipinski definition) is 3. The largest absolute Gasteiger partial charge is 0.501 e. The minimum absolute atomic E-state index is 0.310. The topological polar surface area (TPSA) is 93.4 Å². The van der Waals surface area contributed by atoms with Gasteiger partial charge >= 0.3 is 11.2 Å². The van der Waals surface area contributed by atoms with Gasteiger partial charge in [-0.2, -0.15) is 0 Å². The number of benzene rings is 1. The van der Waals surface area contributed by atoms with Gasteiger partial charge < -0.3 is 10.1 Å². The van der Waals surface area contributed by atoms with E-state index in [1.54, 1.807) is 25.1 Å². The average molecular weight is 221 g/mol. The number of nitrogens with one attached hydrogen (secondary N) is 1. The number of fused-ring (bicyclic) bond motifs is 1. The Bertz CT molecular complexity index is 645. The molecule has 0 aliphatic heterocycles. The molecule has 0 fully saturated rings. The molecule has 16 heavy (non-hydrogen) atoms. The average Bonchev–Trinajstić information content (AvgIpc) is 2.19. The lowest BCUT2D eigenvalue weighted by atomic mass is 10.1. The summed E-state index contributed by atoms with van der Waals surface area (Å²) in [6, 6.07) is 4.97. The number of aromatic nitrogens is 1. The van der Waals surface area contributed by atoms with Crippen LogP contribution in [0.15, 0.2) is 23.0 Å². The number of rotatable bonds is 1. The van der Waals surface area contributed by atoms with E-state index in [1.807, 2.05) is 0 Å². The van der Waals surface area contributed by atoms with Crippen molar-refractivity contribution >= 4 is 16.6 Å². The summed E-state index contributed by atoms with van der Waals surface area (Å²) in [4.78, 5) is 23.8. The van der Waals surface area contributed by atoms with Crippen LogP contribution in [0, 0.1) is 11.8 Å². The number of pyridine rings is 1. The molecule has 0 amide bonds. The molecule has 2 aromatic rings. The van der Waals surface area contributed by atoms with Crippen molar-refractivity contribution in [3.8, 4) is 5.75 Å². The summed E-state index contributed by atoms with van der Waals surface area (Å²) in [6.07, 6.45) is 0. The van der Waals surface area contributed by atoms with Gasteiger partial charge in [0, 0.05) is 5.39 Å². The first-order valence-electron chi connectivity index (χ1n) is 4.52. The molecule has 0 unspecified atom stereocenters. The van der Waals surface area contributed by atoms with Crippen molar-refractivity contribution in [2.24, 2.45) is 0 Å². The highest BCUT2D eigenvalue weighted by Crippen LogP contribution is 2.29. The van der Waals surface area contributed by atoms with E-state index >= 15 is 0 Å². The Labute approximate surface area is 89.3 Å². The number of hydrogen-bond donors (Lipinski definition) is 3. The van der Waals surface area contributed by atoms with Crippen LogP contribution in [-0.4, -0.2) is 20.2 Å². The summed E-state index contributed by atoms with van der Waals surface area (Å²) in [5.41, 5.74) is -0.292. The number of aromatic hydroxyl groups is 1. The molecule has 82 valence electrons. The van der Waals surface area contributed by atoms with Gasteiger partial charge in [0.25, 0.3) is 4.92 Å². The molecular formula is C10H9N2O4+. The maximum Gasteiger partial charge on any atom is 0.422 e. The zero-order valence-corrected chi connectivity index (χ0v) is 8.39. The first-order valence-corrected chi connectivity index (χ1v) is 4.52. The SMILES string of the molecule is Cc1ccc2[nH]c(=O)c([N+](=O)O)c(O)c2c1. The molecular weight excluding hydrogens is 212 g/mol. The number of H-pyrrole nitrogens is 1. The van der Waals surface area contributed by atoms with Crippen LogP contribution in [0.25, 0.3) is 10.9 Å². The molecule has 2 rings (SSSR count). The number of aryl methyl sites for hydroxylation is 1. The number of aromatic amines is 1. The lowest BCUT2D eigenvalue weighted by Gasteiger charge is -2.00. The van der Waals surface area contributed by atoms with Crippen molar-refractivity contribution in [1.82, 2.24) is 4.98 Å². The Morgan fingerprint density at radius 1 is 1.38 bits per heavy atom. The summed E-state index contributed by atoms with van der Waals surface area (Å²) >= 11 is 0. The first-order chi connectivity index (χ1) is 7.50. The van der Waals surface area contributed by atoms with Gasteiger partial charge in [0.05, 0.1) is 10.4 Å². The third-order valence-corrected chi connectivity index (χ3v) is 2.31. The molecule has 0 saturated carbocycles. The molecule has 0 radical (unpaired) electrons. The quantitative estimate of drug-likeness (QED) is 0.633. The molecule has 0 atom stereocenters. The van der Waals surface area contributed by atoms with Gasteiger partial charge in [-0.15, -0.1) is 0 Å². The second kappa shape index (κ2) is 3.34. The predicted molar refractivity (Wildman–Crippen MR) is 56.0 cm³/mol. The lowest BCUT2D eigenvalue weighted by Crippen LogP contribution is -2.12. The fraction of sp³-hybridized carbons (Fsp3) is 0.100. The van der Waals surface area contributed by atoms with Crippen molar-refractivity contribution in [2.45, 2.75) is 6.92 Å². The standard InChI is InChI=1S/C10H8N2O4/c1-5-2-3-7-6(4-5)9(13)8(12(15)16)10(14)11-7/h2-4H,1H3,(H2-,11,13,14,15,16)/p+1. The monoisotopic (exact) mass is 221 g/mol. The van der Waals surface area contributed by atoms with Gasteiger partial charge in [-0.25, -0.2) is 5.21 Å².